The van der Waals surface area contributed by atoms with Crippen molar-refractivity contribution in [1.29, 1.82) is 0 Å². The maximum Gasteiger partial charge on any atom is 0.417 e. The molecule has 0 bridgehead atoms. The molecule has 2 rings (SSSR count). The monoisotopic (exact) mass is 306 g/mol. The topological polar surface area (TPSA) is 15.3 Å². The van der Waals surface area contributed by atoms with Crippen molar-refractivity contribution < 1.29 is 13.2 Å². The molecular formula is C14H18ClF3N2. The third-order valence-corrected chi connectivity index (χ3v) is 3.78. The summed E-state index contributed by atoms with van der Waals surface area (Å²) in [6, 6.07) is 3.93. The van der Waals surface area contributed by atoms with Crippen LogP contribution in [0.3, 0.4) is 0 Å². The van der Waals surface area contributed by atoms with Crippen LogP contribution in [-0.2, 0) is 6.18 Å². The van der Waals surface area contributed by atoms with Gasteiger partial charge in [0.05, 0.1) is 10.6 Å². The second-order valence-corrected chi connectivity index (χ2v) is 5.43. The van der Waals surface area contributed by atoms with E-state index >= 15 is 0 Å². The molecular weight excluding hydrogens is 289 g/mol. The van der Waals surface area contributed by atoms with Gasteiger partial charge in [0.25, 0.3) is 0 Å². The Morgan fingerprint density at radius 3 is 2.55 bits per heavy atom. The summed E-state index contributed by atoms with van der Waals surface area (Å²) in [4.78, 5) is 2.38. The lowest BCUT2D eigenvalue weighted by Gasteiger charge is -2.15. The molecule has 1 saturated heterocycles. The number of likely N-dealkylation sites (tertiary alicyclic amines) is 1. The Morgan fingerprint density at radius 2 is 1.90 bits per heavy atom. The van der Waals surface area contributed by atoms with Crippen molar-refractivity contribution >= 4 is 17.3 Å². The molecule has 1 aromatic carbocycles. The lowest BCUT2D eigenvalue weighted by molar-refractivity contribution is -0.137. The van der Waals surface area contributed by atoms with Crippen LogP contribution in [0.5, 0.6) is 0 Å². The quantitative estimate of drug-likeness (QED) is 0.818. The highest BCUT2D eigenvalue weighted by Crippen LogP contribution is 2.36. The van der Waals surface area contributed by atoms with Crippen molar-refractivity contribution in [2.75, 3.05) is 31.5 Å². The predicted octanol–water partition coefficient (Wildman–Crippen LogP) is 4.26. The van der Waals surface area contributed by atoms with Crippen molar-refractivity contribution in [3.8, 4) is 0 Å². The molecule has 1 heterocycles. The minimum Gasteiger partial charge on any atom is -0.385 e. The van der Waals surface area contributed by atoms with Crippen molar-refractivity contribution in [2.24, 2.45) is 0 Å². The summed E-state index contributed by atoms with van der Waals surface area (Å²) in [5.74, 6) is 0. The number of anilines is 1. The summed E-state index contributed by atoms with van der Waals surface area (Å²) < 4.78 is 38.1. The Kier molecular flexibility index (Phi) is 5.16. The van der Waals surface area contributed by atoms with Crippen LogP contribution in [0.1, 0.15) is 24.8 Å². The van der Waals surface area contributed by atoms with Crippen LogP contribution in [0.4, 0.5) is 18.9 Å². The number of hydrogen-bond donors (Lipinski definition) is 1. The molecule has 1 aliphatic heterocycles. The zero-order chi connectivity index (χ0) is 14.6. The van der Waals surface area contributed by atoms with Crippen LogP contribution in [0.2, 0.25) is 5.02 Å². The fourth-order valence-electron chi connectivity index (χ4n) is 2.39. The highest BCUT2D eigenvalue weighted by molar-refractivity contribution is 6.31. The fourth-order valence-corrected chi connectivity index (χ4v) is 2.62. The van der Waals surface area contributed by atoms with E-state index < -0.39 is 11.7 Å². The summed E-state index contributed by atoms with van der Waals surface area (Å²) in [5, 5.41) is 2.76. The molecule has 0 unspecified atom stereocenters. The summed E-state index contributed by atoms with van der Waals surface area (Å²) in [7, 11) is 0. The lowest BCUT2D eigenvalue weighted by Crippen LogP contribution is -2.22. The third-order valence-electron chi connectivity index (χ3n) is 3.45. The molecule has 6 heteroatoms. The molecule has 1 aromatic rings. The molecule has 0 atom stereocenters. The summed E-state index contributed by atoms with van der Waals surface area (Å²) in [6.45, 7) is 3.93. The number of hydrogen-bond acceptors (Lipinski definition) is 2. The molecule has 0 aliphatic carbocycles. The fraction of sp³-hybridized carbons (Fsp3) is 0.571. The molecule has 0 radical (unpaired) electrons. The van der Waals surface area contributed by atoms with E-state index in [0.717, 1.165) is 32.1 Å². The molecule has 0 amide bonds. The van der Waals surface area contributed by atoms with Crippen molar-refractivity contribution in [3.63, 3.8) is 0 Å². The summed E-state index contributed by atoms with van der Waals surface area (Å²) in [6.07, 6.45) is -0.993. The second-order valence-electron chi connectivity index (χ2n) is 5.02. The normalized spacial score (nSPS) is 16.6. The Balaban J connectivity index is 1.83. The van der Waals surface area contributed by atoms with E-state index in [-0.39, 0.29) is 5.02 Å². The molecule has 0 saturated carbocycles. The van der Waals surface area contributed by atoms with Crippen molar-refractivity contribution in [2.45, 2.75) is 25.4 Å². The van der Waals surface area contributed by atoms with Gasteiger partial charge in [-0.05, 0) is 57.1 Å². The molecule has 112 valence electrons. The minimum absolute atomic E-state index is 0.264. The van der Waals surface area contributed by atoms with Gasteiger partial charge in [-0.2, -0.15) is 13.2 Å². The number of rotatable bonds is 5. The maximum absolute atomic E-state index is 12.7. The van der Waals surface area contributed by atoms with Gasteiger partial charge in [0.2, 0.25) is 0 Å². The van der Waals surface area contributed by atoms with Crippen LogP contribution in [0.25, 0.3) is 0 Å². The standard InChI is InChI=1S/C14H18ClF3N2/c15-13-5-4-11(10-12(13)14(16,17)18)19-6-3-9-20-7-1-2-8-20/h4-5,10,19H,1-3,6-9H2. The van der Waals surface area contributed by atoms with Crippen LogP contribution in [0, 0.1) is 0 Å². The van der Waals surface area contributed by atoms with Crippen LogP contribution in [0.15, 0.2) is 18.2 Å². The van der Waals surface area contributed by atoms with E-state index in [1.807, 2.05) is 0 Å². The van der Waals surface area contributed by atoms with E-state index in [0.29, 0.717) is 12.2 Å². The number of nitrogens with one attached hydrogen (secondary N) is 1. The third kappa shape index (κ3) is 4.28. The maximum atomic E-state index is 12.7. The number of nitrogens with zero attached hydrogens (tertiary/aromatic N) is 1. The molecule has 0 spiro atoms. The first-order chi connectivity index (χ1) is 9.47. The van der Waals surface area contributed by atoms with E-state index in [4.69, 9.17) is 11.6 Å². The molecule has 2 nitrogen and oxygen atoms in total. The molecule has 1 N–H and O–H groups in total. The molecule has 20 heavy (non-hydrogen) atoms. The van der Waals surface area contributed by atoms with Gasteiger partial charge >= 0.3 is 6.18 Å². The average Bonchev–Trinajstić information content (AvgIpc) is 2.88. The van der Waals surface area contributed by atoms with Gasteiger partial charge in [0, 0.05) is 12.2 Å². The highest BCUT2D eigenvalue weighted by Gasteiger charge is 2.33. The molecule has 1 fully saturated rings. The van der Waals surface area contributed by atoms with Gasteiger partial charge in [-0.15, -0.1) is 0 Å². The second kappa shape index (κ2) is 6.68. The smallest absolute Gasteiger partial charge is 0.385 e. The van der Waals surface area contributed by atoms with Gasteiger partial charge in [-0.1, -0.05) is 11.6 Å². The minimum atomic E-state index is -4.41. The number of halogens is 4. The predicted molar refractivity (Wildman–Crippen MR) is 75.2 cm³/mol. The summed E-state index contributed by atoms with van der Waals surface area (Å²) >= 11 is 5.57. The van der Waals surface area contributed by atoms with E-state index in [1.165, 1.54) is 18.9 Å². The van der Waals surface area contributed by atoms with Gasteiger partial charge in [-0.3, -0.25) is 0 Å². The van der Waals surface area contributed by atoms with Gasteiger partial charge in [0.15, 0.2) is 0 Å². The van der Waals surface area contributed by atoms with Crippen LogP contribution >= 0.6 is 11.6 Å². The highest BCUT2D eigenvalue weighted by atomic mass is 35.5. The van der Waals surface area contributed by atoms with Gasteiger partial charge in [0.1, 0.15) is 0 Å². The molecule has 0 aromatic heterocycles. The van der Waals surface area contributed by atoms with E-state index in [1.54, 1.807) is 6.07 Å². The lowest BCUT2D eigenvalue weighted by atomic mass is 10.2. The zero-order valence-corrected chi connectivity index (χ0v) is 11.9. The van der Waals surface area contributed by atoms with Gasteiger partial charge < -0.3 is 10.2 Å². The average molecular weight is 307 g/mol. The SMILES string of the molecule is FC(F)(F)c1cc(NCCCN2CCCC2)ccc1Cl. The Labute approximate surface area is 121 Å². The van der Waals surface area contributed by atoms with E-state index in [9.17, 15) is 13.2 Å². The Bertz CT molecular complexity index is 443. The largest absolute Gasteiger partial charge is 0.417 e. The Hall–Kier alpha value is -0.940. The van der Waals surface area contributed by atoms with Crippen LogP contribution in [-0.4, -0.2) is 31.1 Å². The molecule has 1 aliphatic rings. The van der Waals surface area contributed by atoms with Gasteiger partial charge in [-0.25, -0.2) is 0 Å². The zero-order valence-electron chi connectivity index (χ0n) is 11.1. The van der Waals surface area contributed by atoms with E-state index in [2.05, 4.69) is 10.2 Å². The first kappa shape index (κ1) is 15.4. The first-order valence-electron chi connectivity index (χ1n) is 6.80. The summed E-state index contributed by atoms with van der Waals surface area (Å²) in [5.41, 5.74) is -0.327. The van der Waals surface area contributed by atoms with Crippen molar-refractivity contribution in [1.82, 2.24) is 4.90 Å². The number of alkyl halides is 3. The van der Waals surface area contributed by atoms with Crippen molar-refractivity contribution in [3.05, 3.63) is 28.8 Å². The first-order valence-corrected chi connectivity index (χ1v) is 7.17. The number of benzene rings is 1. The van der Waals surface area contributed by atoms with Crippen LogP contribution < -0.4 is 5.32 Å². The Morgan fingerprint density at radius 1 is 1.20 bits per heavy atom.